The highest BCUT2D eigenvalue weighted by molar-refractivity contribution is 6.32. The van der Waals surface area contributed by atoms with Crippen LogP contribution in [0.5, 0.6) is 11.5 Å². The number of hydrogen-bond donors (Lipinski definition) is 1. The summed E-state index contributed by atoms with van der Waals surface area (Å²) in [5.74, 6) is 1.29. The quantitative estimate of drug-likeness (QED) is 0.849. The van der Waals surface area contributed by atoms with Crippen LogP contribution >= 0.6 is 11.6 Å². The minimum Gasteiger partial charge on any atom is -0.495 e. The molecule has 0 saturated carbocycles. The summed E-state index contributed by atoms with van der Waals surface area (Å²) < 4.78 is 12.5. The summed E-state index contributed by atoms with van der Waals surface area (Å²) >= 11 is 6.16. The van der Waals surface area contributed by atoms with Gasteiger partial charge in [0.1, 0.15) is 11.5 Å². The molecule has 1 aromatic heterocycles. The van der Waals surface area contributed by atoms with E-state index < -0.39 is 0 Å². The Morgan fingerprint density at radius 2 is 2.00 bits per heavy atom. The first-order chi connectivity index (χ1) is 10.2. The Labute approximate surface area is 129 Å². The van der Waals surface area contributed by atoms with E-state index in [4.69, 9.17) is 21.1 Å². The normalized spacial score (nSPS) is 10.5. The number of methoxy groups -OCH3 is 2. The summed E-state index contributed by atoms with van der Waals surface area (Å²) in [5, 5.41) is 8.18. The third-order valence-electron chi connectivity index (χ3n) is 3.17. The Bertz CT molecular complexity index is 599. The first-order valence-electron chi connectivity index (χ1n) is 6.85. The van der Waals surface area contributed by atoms with Crippen molar-refractivity contribution in [2.24, 2.45) is 0 Å². The van der Waals surface area contributed by atoms with Gasteiger partial charge in [-0.2, -0.15) is 5.10 Å². The highest BCUT2D eigenvalue weighted by atomic mass is 35.5. The molecule has 0 spiro atoms. The van der Waals surface area contributed by atoms with Crippen molar-refractivity contribution in [3.8, 4) is 11.5 Å². The van der Waals surface area contributed by atoms with E-state index >= 15 is 0 Å². The summed E-state index contributed by atoms with van der Waals surface area (Å²) in [7, 11) is 3.20. The fourth-order valence-electron chi connectivity index (χ4n) is 2.11. The van der Waals surface area contributed by atoms with Gasteiger partial charge in [0.15, 0.2) is 0 Å². The third-order valence-corrected chi connectivity index (χ3v) is 3.47. The lowest BCUT2D eigenvalue weighted by Crippen LogP contribution is -2.09. The van der Waals surface area contributed by atoms with E-state index in [1.165, 1.54) is 0 Å². The minimum atomic E-state index is 0.544. The molecule has 0 radical (unpaired) electrons. The van der Waals surface area contributed by atoms with E-state index in [9.17, 15) is 0 Å². The molecule has 5 nitrogen and oxygen atoms in total. The molecule has 0 unspecified atom stereocenters. The summed E-state index contributed by atoms with van der Waals surface area (Å²) in [6.07, 6.45) is 2.86. The standard InChI is InChI=1S/C15H20ClN3O2/c1-4-7-19-11(5-6-18-19)10-17-13-8-12(16)14(20-2)9-15(13)21-3/h5-6,8-9,17H,4,7,10H2,1-3H3. The number of aryl methyl sites for hydroxylation is 1. The zero-order chi connectivity index (χ0) is 15.2. The number of rotatable bonds is 7. The van der Waals surface area contributed by atoms with E-state index in [1.807, 2.05) is 16.9 Å². The van der Waals surface area contributed by atoms with Crippen molar-refractivity contribution in [1.82, 2.24) is 9.78 Å². The van der Waals surface area contributed by atoms with Crippen molar-refractivity contribution < 1.29 is 9.47 Å². The number of nitrogens with one attached hydrogen (secondary N) is 1. The van der Waals surface area contributed by atoms with Gasteiger partial charge in [-0.05, 0) is 18.6 Å². The number of halogens is 1. The lowest BCUT2D eigenvalue weighted by atomic mass is 10.2. The van der Waals surface area contributed by atoms with E-state index in [2.05, 4.69) is 17.3 Å². The van der Waals surface area contributed by atoms with Crippen LogP contribution in [0.15, 0.2) is 24.4 Å². The van der Waals surface area contributed by atoms with E-state index in [0.717, 1.165) is 24.3 Å². The minimum absolute atomic E-state index is 0.544. The van der Waals surface area contributed by atoms with Crippen LogP contribution in [0.1, 0.15) is 19.0 Å². The van der Waals surface area contributed by atoms with Gasteiger partial charge in [-0.1, -0.05) is 18.5 Å². The lowest BCUT2D eigenvalue weighted by Gasteiger charge is -2.14. The molecule has 1 N–H and O–H groups in total. The van der Waals surface area contributed by atoms with Crippen LogP contribution in [0.4, 0.5) is 5.69 Å². The van der Waals surface area contributed by atoms with Crippen LogP contribution < -0.4 is 14.8 Å². The number of nitrogens with zero attached hydrogens (tertiary/aromatic N) is 2. The maximum Gasteiger partial charge on any atom is 0.145 e. The number of benzene rings is 1. The van der Waals surface area contributed by atoms with E-state index in [0.29, 0.717) is 23.1 Å². The Kier molecular flexibility index (Phi) is 5.33. The maximum absolute atomic E-state index is 6.16. The molecular weight excluding hydrogens is 290 g/mol. The van der Waals surface area contributed by atoms with Gasteiger partial charge in [0.2, 0.25) is 0 Å². The van der Waals surface area contributed by atoms with E-state index in [-0.39, 0.29) is 0 Å². The molecule has 21 heavy (non-hydrogen) atoms. The SMILES string of the molecule is CCCn1nccc1CNc1cc(Cl)c(OC)cc1OC. The molecule has 114 valence electrons. The number of aromatic nitrogens is 2. The van der Waals surface area contributed by atoms with Crippen molar-refractivity contribution in [2.45, 2.75) is 26.4 Å². The highest BCUT2D eigenvalue weighted by Crippen LogP contribution is 2.36. The fourth-order valence-corrected chi connectivity index (χ4v) is 2.35. The van der Waals surface area contributed by atoms with Gasteiger partial charge in [-0.25, -0.2) is 0 Å². The Balaban J connectivity index is 2.15. The van der Waals surface area contributed by atoms with Crippen molar-refractivity contribution in [1.29, 1.82) is 0 Å². The molecule has 0 atom stereocenters. The monoisotopic (exact) mass is 309 g/mol. The summed E-state index contributed by atoms with van der Waals surface area (Å²) in [6.45, 7) is 3.69. The van der Waals surface area contributed by atoms with Crippen molar-refractivity contribution >= 4 is 17.3 Å². The Morgan fingerprint density at radius 3 is 2.67 bits per heavy atom. The van der Waals surface area contributed by atoms with Gasteiger partial charge in [-0.3, -0.25) is 4.68 Å². The molecule has 0 amide bonds. The molecule has 2 rings (SSSR count). The van der Waals surface area contributed by atoms with Crippen molar-refractivity contribution in [3.63, 3.8) is 0 Å². The van der Waals surface area contributed by atoms with Gasteiger partial charge in [0.05, 0.1) is 37.2 Å². The Morgan fingerprint density at radius 1 is 1.24 bits per heavy atom. The first kappa shape index (κ1) is 15.5. The van der Waals surface area contributed by atoms with E-state index in [1.54, 1.807) is 26.4 Å². The smallest absolute Gasteiger partial charge is 0.145 e. The predicted molar refractivity (Wildman–Crippen MR) is 84.4 cm³/mol. The molecule has 6 heteroatoms. The molecule has 0 fully saturated rings. The first-order valence-corrected chi connectivity index (χ1v) is 7.23. The van der Waals surface area contributed by atoms with Gasteiger partial charge < -0.3 is 14.8 Å². The maximum atomic E-state index is 6.16. The fraction of sp³-hybridized carbons (Fsp3) is 0.400. The van der Waals surface area contributed by atoms with Crippen LogP contribution in [0.3, 0.4) is 0 Å². The van der Waals surface area contributed by atoms with Crippen LogP contribution in [-0.2, 0) is 13.1 Å². The van der Waals surface area contributed by atoms with Crippen LogP contribution in [-0.4, -0.2) is 24.0 Å². The summed E-state index contributed by atoms with van der Waals surface area (Å²) in [5.41, 5.74) is 1.94. The largest absolute Gasteiger partial charge is 0.495 e. The number of hydrogen-bond acceptors (Lipinski definition) is 4. The van der Waals surface area contributed by atoms with Crippen LogP contribution in [0, 0.1) is 0 Å². The highest BCUT2D eigenvalue weighted by Gasteiger charge is 2.10. The molecule has 0 aliphatic carbocycles. The molecule has 2 aromatic rings. The van der Waals surface area contributed by atoms with Gasteiger partial charge in [-0.15, -0.1) is 0 Å². The molecule has 0 saturated heterocycles. The molecule has 1 heterocycles. The molecule has 1 aromatic carbocycles. The summed E-state index contributed by atoms with van der Waals surface area (Å²) in [4.78, 5) is 0. The van der Waals surface area contributed by atoms with Gasteiger partial charge in [0.25, 0.3) is 0 Å². The molecular formula is C15H20ClN3O2. The van der Waals surface area contributed by atoms with Crippen molar-refractivity contribution in [3.05, 3.63) is 35.1 Å². The zero-order valence-electron chi connectivity index (χ0n) is 12.5. The van der Waals surface area contributed by atoms with Crippen molar-refractivity contribution in [2.75, 3.05) is 19.5 Å². The average molecular weight is 310 g/mol. The number of ether oxygens (including phenoxy) is 2. The summed E-state index contributed by atoms with van der Waals surface area (Å²) in [6, 6.07) is 5.58. The Hall–Kier alpha value is -1.88. The molecule has 0 aliphatic heterocycles. The molecule has 0 aliphatic rings. The predicted octanol–water partition coefficient (Wildman–Crippen LogP) is 3.58. The van der Waals surface area contributed by atoms with Crippen LogP contribution in [0.2, 0.25) is 5.02 Å². The second kappa shape index (κ2) is 7.22. The third kappa shape index (κ3) is 3.61. The second-order valence-electron chi connectivity index (χ2n) is 4.59. The average Bonchev–Trinajstić information content (AvgIpc) is 2.93. The lowest BCUT2D eigenvalue weighted by molar-refractivity contribution is 0.395. The second-order valence-corrected chi connectivity index (χ2v) is 4.99. The van der Waals surface area contributed by atoms with Crippen LogP contribution in [0.25, 0.3) is 0 Å². The number of anilines is 1. The van der Waals surface area contributed by atoms with Gasteiger partial charge in [0, 0.05) is 18.8 Å². The molecule has 0 bridgehead atoms. The topological polar surface area (TPSA) is 48.3 Å². The zero-order valence-corrected chi connectivity index (χ0v) is 13.3. The van der Waals surface area contributed by atoms with Gasteiger partial charge >= 0.3 is 0 Å².